The first-order valence-corrected chi connectivity index (χ1v) is 12.7. The van der Waals surface area contributed by atoms with Crippen LogP contribution in [0.1, 0.15) is 49.8 Å². The summed E-state index contributed by atoms with van der Waals surface area (Å²) in [5.41, 5.74) is 9.03. The van der Waals surface area contributed by atoms with Gasteiger partial charge in [0, 0.05) is 0 Å². The molecule has 0 aliphatic heterocycles. The van der Waals surface area contributed by atoms with Gasteiger partial charge in [-0.15, -0.1) is 0 Å². The van der Waals surface area contributed by atoms with Crippen molar-refractivity contribution in [3.05, 3.63) is 118 Å². The summed E-state index contributed by atoms with van der Waals surface area (Å²) in [6.45, 7) is 4.62. The molecule has 30 heavy (non-hydrogen) atoms. The van der Waals surface area contributed by atoms with Crippen molar-refractivity contribution in [3.8, 4) is 0 Å². The Bertz CT molecular complexity index is 1020. The van der Waals surface area contributed by atoms with E-state index in [1.54, 1.807) is 21.9 Å². The van der Waals surface area contributed by atoms with Gasteiger partial charge in [0.25, 0.3) is 0 Å². The third-order valence-electron chi connectivity index (χ3n) is 6.25. The summed E-state index contributed by atoms with van der Waals surface area (Å²) in [5.74, 6) is 0. The average molecular weight is 409 g/mol. The van der Waals surface area contributed by atoms with Crippen molar-refractivity contribution in [1.82, 2.24) is 0 Å². The number of allylic oxidation sites excluding steroid dienone is 4. The second-order valence-electron chi connectivity index (χ2n) is 8.52. The molecule has 0 unspecified atom stereocenters. The molecule has 0 bridgehead atoms. The molecule has 0 saturated carbocycles. The maximum absolute atomic E-state index is 2.37. The van der Waals surface area contributed by atoms with Crippen LogP contribution < -0.4 is 5.19 Å². The van der Waals surface area contributed by atoms with Crippen molar-refractivity contribution in [3.63, 3.8) is 0 Å². The topological polar surface area (TPSA) is 0 Å². The summed E-state index contributed by atoms with van der Waals surface area (Å²) in [5, 5.41) is 3.21. The van der Waals surface area contributed by atoms with Crippen LogP contribution in [0.25, 0.3) is 5.57 Å². The highest BCUT2D eigenvalue weighted by Crippen LogP contribution is 2.39. The Morgan fingerprint density at radius 3 is 2.10 bits per heavy atom. The molecule has 0 spiro atoms. The predicted octanol–water partition coefficient (Wildman–Crippen LogP) is 6.20. The summed E-state index contributed by atoms with van der Waals surface area (Å²) in [7, 11) is -0.480. The summed E-state index contributed by atoms with van der Waals surface area (Å²) in [4.78, 5) is 0. The monoisotopic (exact) mass is 408 g/mol. The number of aryl methyl sites for hydroxylation is 1. The standard InChI is InChI=1S/C29H32Si/c1-3-4-11-23-16-18-25(19-17-23)27-20-22(2)29(30-26-14-9-6-10-15-26)28(27)21-24-12-7-5-8-13-24/h5-10,12-19H,3-4,11,20-21,30H2,1-2H3. The maximum atomic E-state index is 2.37. The highest BCUT2D eigenvalue weighted by molar-refractivity contribution is 6.62. The molecule has 3 aromatic rings. The molecule has 4 rings (SSSR count). The quantitative estimate of drug-likeness (QED) is 0.389. The Morgan fingerprint density at radius 1 is 0.767 bits per heavy atom. The molecule has 1 aliphatic carbocycles. The fourth-order valence-electron chi connectivity index (χ4n) is 4.52. The van der Waals surface area contributed by atoms with Crippen LogP contribution in [0.2, 0.25) is 0 Å². The molecule has 3 aromatic carbocycles. The van der Waals surface area contributed by atoms with Crippen LogP contribution in [0, 0.1) is 0 Å². The van der Waals surface area contributed by atoms with Crippen LogP contribution in [0.3, 0.4) is 0 Å². The minimum atomic E-state index is -0.480. The highest BCUT2D eigenvalue weighted by Gasteiger charge is 2.23. The number of unbranched alkanes of at least 4 members (excludes halogenated alkanes) is 1. The maximum Gasteiger partial charge on any atom is 0.0878 e. The van der Waals surface area contributed by atoms with Crippen LogP contribution in [0.15, 0.2) is 101 Å². The lowest BCUT2D eigenvalue weighted by Crippen LogP contribution is -2.18. The van der Waals surface area contributed by atoms with E-state index in [0.29, 0.717) is 0 Å². The van der Waals surface area contributed by atoms with Gasteiger partial charge in [-0.05, 0) is 60.4 Å². The third kappa shape index (κ3) is 4.91. The molecule has 0 amide bonds. The largest absolute Gasteiger partial charge is 0.0878 e. The molecule has 1 heteroatoms. The molecule has 152 valence electrons. The Hall–Kier alpha value is -2.64. The fraction of sp³-hybridized carbons (Fsp3) is 0.241. The average Bonchev–Trinajstić information content (AvgIpc) is 3.09. The summed E-state index contributed by atoms with van der Waals surface area (Å²) in [6.07, 6.45) is 5.86. The van der Waals surface area contributed by atoms with Crippen LogP contribution in [0.5, 0.6) is 0 Å². The van der Waals surface area contributed by atoms with Gasteiger partial charge >= 0.3 is 0 Å². The van der Waals surface area contributed by atoms with Crippen LogP contribution >= 0.6 is 0 Å². The first kappa shape index (κ1) is 20.6. The van der Waals surface area contributed by atoms with E-state index in [-0.39, 0.29) is 0 Å². The lowest BCUT2D eigenvalue weighted by molar-refractivity contribution is 0.795. The molecule has 0 atom stereocenters. The van der Waals surface area contributed by atoms with E-state index in [1.807, 2.05) is 0 Å². The minimum Gasteiger partial charge on any atom is -0.0696 e. The van der Waals surface area contributed by atoms with E-state index in [1.165, 1.54) is 41.1 Å². The van der Waals surface area contributed by atoms with Crippen LogP contribution in [-0.4, -0.2) is 9.52 Å². The predicted molar refractivity (Wildman–Crippen MR) is 134 cm³/mol. The van der Waals surface area contributed by atoms with Crippen molar-refractivity contribution in [2.45, 2.75) is 46.0 Å². The van der Waals surface area contributed by atoms with E-state index >= 15 is 0 Å². The molecule has 0 heterocycles. The third-order valence-corrected chi connectivity index (χ3v) is 8.52. The van der Waals surface area contributed by atoms with Crippen molar-refractivity contribution in [2.75, 3.05) is 0 Å². The minimum absolute atomic E-state index is 0.480. The second kappa shape index (κ2) is 9.91. The second-order valence-corrected chi connectivity index (χ2v) is 10.4. The van der Waals surface area contributed by atoms with Crippen molar-refractivity contribution in [1.29, 1.82) is 0 Å². The van der Waals surface area contributed by atoms with Crippen molar-refractivity contribution >= 4 is 20.3 Å². The van der Waals surface area contributed by atoms with Gasteiger partial charge in [-0.2, -0.15) is 0 Å². The van der Waals surface area contributed by atoms with Crippen LogP contribution in [0.4, 0.5) is 0 Å². The zero-order valence-electron chi connectivity index (χ0n) is 18.3. The summed E-state index contributed by atoms with van der Waals surface area (Å²) < 4.78 is 0. The number of hydrogen-bond acceptors (Lipinski definition) is 0. The molecular formula is C29H32Si. The first-order chi connectivity index (χ1) is 14.7. The van der Waals surface area contributed by atoms with Crippen LogP contribution in [-0.2, 0) is 12.8 Å². The molecule has 0 nitrogen and oxygen atoms in total. The molecule has 1 aliphatic rings. The Labute approximate surface area is 184 Å². The molecule has 0 aromatic heterocycles. The van der Waals surface area contributed by atoms with Gasteiger partial charge in [-0.3, -0.25) is 0 Å². The number of hydrogen-bond donors (Lipinski definition) is 0. The molecule has 0 fully saturated rings. The summed E-state index contributed by atoms with van der Waals surface area (Å²) in [6, 6.07) is 31.5. The van der Waals surface area contributed by atoms with Crippen molar-refractivity contribution in [2.24, 2.45) is 0 Å². The van der Waals surface area contributed by atoms with E-state index in [4.69, 9.17) is 0 Å². The zero-order chi connectivity index (χ0) is 20.8. The zero-order valence-corrected chi connectivity index (χ0v) is 19.7. The normalized spacial score (nSPS) is 14.3. The van der Waals surface area contributed by atoms with Gasteiger partial charge in [0.2, 0.25) is 0 Å². The molecule has 0 saturated heterocycles. The molecule has 0 N–H and O–H groups in total. The van der Waals surface area contributed by atoms with Gasteiger partial charge in [-0.1, -0.05) is 114 Å². The van der Waals surface area contributed by atoms with E-state index in [0.717, 1.165) is 12.8 Å². The van der Waals surface area contributed by atoms with E-state index in [2.05, 4.69) is 98.8 Å². The summed E-state index contributed by atoms with van der Waals surface area (Å²) >= 11 is 0. The van der Waals surface area contributed by atoms with E-state index in [9.17, 15) is 0 Å². The Morgan fingerprint density at radius 2 is 1.43 bits per heavy atom. The number of rotatable bonds is 8. The Kier molecular flexibility index (Phi) is 6.81. The number of benzene rings is 3. The highest BCUT2D eigenvalue weighted by atomic mass is 28.2. The first-order valence-electron chi connectivity index (χ1n) is 11.3. The van der Waals surface area contributed by atoms with Crippen molar-refractivity contribution < 1.29 is 0 Å². The van der Waals surface area contributed by atoms with Gasteiger partial charge in [0.1, 0.15) is 0 Å². The smallest absolute Gasteiger partial charge is 0.0696 e. The SMILES string of the molecule is CCCCc1ccc(C2=C(Cc3ccccc3)C([SiH2]c3ccccc3)=C(C)C2)cc1. The van der Waals surface area contributed by atoms with E-state index < -0.39 is 9.52 Å². The fourth-order valence-corrected chi connectivity index (χ4v) is 6.41. The van der Waals surface area contributed by atoms with Gasteiger partial charge < -0.3 is 0 Å². The molecular weight excluding hydrogens is 376 g/mol. The lowest BCUT2D eigenvalue weighted by Gasteiger charge is -2.14. The van der Waals surface area contributed by atoms with Gasteiger partial charge in [-0.25, -0.2) is 0 Å². The molecule has 0 radical (unpaired) electrons. The lowest BCUT2D eigenvalue weighted by atomic mass is 9.95. The van der Waals surface area contributed by atoms with Gasteiger partial charge in [0.15, 0.2) is 0 Å². The Balaban J connectivity index is 1.69. The van der Waals surface area contributed by atoms with Gasteiger partial charge in [0.05, 0.1) is 9.52 Å².